The highest BCUT2D eigenvalue weighted by molar-refractivity contribution is 5.92. The molecule has 0 atom stereocenters. The van der Waals surface area contributed by atoms with E-state index in [4.69, 9.17) is 0 Å². The van der Waals surface area contributed by atoms with Crippen LogP contribution in [-0.4, -0.2) is 10.2 Å². The first-order valence-electron chi connectivity index (χ1n) is 17.1. The molecule has 0 amide bonds. The van der Waals surface area contributed by atoms with E-state index in [1.54, 1.807) is 12.1 Å². The summed E-state index contributed by atoms with van der Waals surface area (Å²) in [5, 5.41) is 26.6. The van der Waals surface area contributed by atoms with Crippen molar-refractivity contribution in [1.82, 2.24) is 0 Å². The van der Waals surface area contributed by atoms with Gasteiger partial charge in [0.25, 0.3) is 0 Å². The van der Waals surface area contributed by atoms with Gasteiger partial charge in [-0.05, 0) is 92.5 Å². The summed E-state index contributed by atoms with van der Waals surface area (Å²) < 4.78 is 0. The average Bonchev–Trinajstić information content (AvgIpc) is 3.12. The molecule has 2 N–H and O–H groups in total. The van der Waals surface area contributed by atoms with Gasteiger partial charge in [-0.1, -0.05) is 155 Å². The SMILES string of the molecule is Cc1cc(C(C)(C)c2ccc(C(C)(C)c3ccc(O)cc3)cc2)cc(C(C)(c2cccc3ccccc23)c2cccc3ccccc23)c1O. The fraction of sp³-hybridized carbons (Fsp3) is 0.191. The van der Waals surface area contributed by atoms with Gasteiger partial charge in [0.15, 0.2) is 0 Å². The lowest BCUT2D eigenvalue weighted by Crippen LogP contribution is -2.28. The Labute approximate surface area is 290 Å². The molecule has 0 unspecified atom stereocenters. The number of aryl methyl sites for hydroxylation is 1. The summed E-state index contributed by atoms with van der Waals surface area (Å²) in [6.07, 6.45) is 0. The Morgan fingerprint density at radius 2 is 0.816 bits per heavy atom. The van der Waals surface area contributed by atoms with Crippen molar-refractivity contribution in [2.45, 2.75) is 57.8 Å². The van der Waals surface area contributed by atoms with Crippen LogP contribution in [0.5, 0.6) is 11.5 Å². The third-order valence-corrected chi connectivity index (χ3v) is 11.1. The number of hydrogen-bond acceptors (Lipinski definition) is 2. The van der Waals surface area contributed by atoms with Gasteiger partial charge in [-0.15, -0.1) is 0 Å². The minimum Gasteiger partial charge on any atom is -0.508 e. The minimum atomic E-state index is -0.680. The van der Waals surface area contributed by atoms with Gasteiger partial charge >= 0.3 is 0 Å². The zero-order chi connectivity index (χ0) is 34.6. The second-order valence-corrected chi connectivity index (χ2v) is 14.7. The molecule has 0 bridgehead atoms. The number of hydrogen-bond donors (Lipinski definition) is 2. The molecule has 7 rings (SSSR count). The molecule has 0 aliphatic heterocycles. The van der Waals surface area contributed by atoms with Gasteiger partial charge < -0.3 is 10.2 Å². The number of phenols is 2. The van der Waals surface area contributed by atoms with E-state index in [0.29, 0.717) is 5.75 Å². The maximum absolute atomic E-state index is 12.1. The molecule has 0 fully saturated rings. The summed E-state index contributed by atoms with van der Waals surface area (Å²) in [5.74, 6) is 0.603. The Hall–Kier alpha value is -5.34. The molecule has 0 aliphatic carbocycles. The van der Waals surface area contributed by atoms with E-state index < -0.39 is 5.41 Å². The van der Waals surface area contributed by atoms with Gasteiger partial charge in [-0.2, -0.15) is 0 Å². The molecule has 244 valence electrons. The maximum atomic E-state index is 12.1. The lowest BCUT2D eigenvalue weighted by Gasteiger charge is -2.37. The highest BCUT2D eigenvalue weighted by atomic mass is 16.3. The summed E-state index contributed by atoms with van der Waals surface area (Å²) in [6.45, 7) is 13.3. The zero-order valence-corrected chi connectivity index (χ0v) is 29.3. The Balaban J connectivity index is 1.41. The van der Waals surface area contributed by atoms with E-state index in [-0.39, 0.29) is 16.6 Å². The number of benzene rings is 7. The topological polar surface area (TPSA) is 40.5 Å². The fourth-order valence-electron chi connectivity index (χ4n) is 7.79. The summed E-state index contributed by atoms with van der Waals surface area (Å²) in [7, 11) is 0. The Morgan fingerprint density at radius 3 is 1.31 bits per heavy atom. The first-order valence-corrected chi connectivity index (χ1v) is 17.1. The van der Waals surface area contributed by atoms with E-state index in [2.05, 4.69) is 156 Å². The molecule has 7 aromatic carbocycles. The molecule has 0 saturated carbocycles. The van der Waals surface area contributed by atoms with Gasteiger partial charge in [-0.3, -0.25) is 0 Å². The molecular weight excluding hydrogens is 597 g/mol. The first kappa shape index (κ1) is 32.2. The fourth-order valence-corrected chi connectivity index (χ4v) is 7.79. The monoisotopic (exact) mass is 640 g/mol. The third-order valence-electron chi connectivity index (χ3n) is 11.1. The van der Waals surface area contributed by atoms with Crippen LogP contribution in [0, 0.1) is 6.92 Å². The Bertz CT molecular complexity index is 2220. The summed E-state index contributed by atoms with van der Waals surface area (Å²) in [6, 6.07) is 51.0. The molecule has 0 saturated heterocycles. The van der Waals surface area contributed by atoms with Crippen molar-refractivity contribution < 1.29 is 10.2 Å². The lowest BCUT2D eigenvalue weighted by atomic mass is 9.66. The van der Waals surface area contributed by atoms with Crippen molar-refractivity contribution in [1.29, 1.82) is 0 Å². The first-order chi connectivity index (χ1) is 23.4. The van der Waals surface area contributed by atoms with Crippen molar-refractivity contribution >= 4 is 21.5 Å². The van der Waals surface area contributed by atoms with E-state index >= 15 is 0 Å². The van der Waals surface area contributed by atoms with E-state index in [0.717, 1.165) is 33.4 Å². The molecule has 0 spiro atoms. The van der Waals surface area contributed by atoms with Crippen molar-refractivity contribution in [2.24, 2.45) is 0 Å². The van der Waals surface area contributed by atoms with E-state index in [9.17, 15) is 10.2 Å². The minimum absolute atomic E-state index is 0.225. The van der Waals surface area contributed by atoms with Crippen molar-refractivity contribution in [3.63, 3.8) is 0 Å². The second-order valence-electron chi connectivity index (χ2n) is 14.7. The smallest absolute Gasteiger partial charge is 0.122 e. The van der Waals surface area contributed by atoms with Gasteiger partial charge in [0.05, 0.1) is 0 Å². The molecule has 0 aromatic heterocycles. The second kappa shape index (κ2) is 12.0. The number of aromatic hydroxyl groups is 2. The highest BCUT2D eigenvalue weighted by Crippen LogP contribution is 2.49. The van der Waals surface area contributed by atoms with Gasteiger partial charge in [0.1, 0.15) is 11.5 Å². The molecule has 0 aliphatic rings. The maximum Gasteiger partial charge on any atom is 0.122 e. The largest absolute Gasteiger partial charge is 0.508 e. The predicted molar refractivity (Wildman–Crippen MR) is 205 cm³/mol. The van der Waals surface area contributed by atoms with Crippen molar-refractivity contribution in [3.8, 4) is 11.5 Å². The molecule has 0 heterocycles. The number of phenolic OH excluding ortho intramolecular Hbond substituents is 2. The van der Waals surface area contributed by atoms with Crippen LogP contribution >= 0.6 is 0 Å². The van der Waals surface area contributed by atoms with Crippen LogP contribution in [-0.2, 0) is 16.2 Å². The van der Waals surface area contributed by atoms with Crippen molar-refractivity contribution in [3.05, 3.63) is 190 Å². The van der Waals surface area contributed by atoms with Crippen LogP contribution in [0.2, 0.25) is 0 Å². The average molecular weight is 641 g/mol. The third kappa shape index (κ3) is 5.36. The highest BCUT2D eigenvalue weighted by Gasteiger charge is 2.38. The van der Waals surface area contributed by atoms with Gasteiger partial charge in [0, 0.05) is 21.8 Å². The van der Waals surface area contributed by atoms with Gasteiger partial charge in [-0.25, -0.2) is 0 Å². The van der Waals surface area contributed by atoms with Crippen LogP contribution in [0.15, 0.2) is 146 Å². The standard InChI is InChI=1S/C47H44O2/c1-31-29-37(46(4,5)35-23-21-34(22-24-35)45(2,3)36-25-27-38(48)28-26-36)30-43(44(31)49)47(6,41-19-11-15-32-13-7-9-17-39(32)41)42-20-12-16-33-14-8-10-18-40(33)42/h7-30,48-49H,1-6H3. The molecule has 49 heavy (non-hydrogen) atoms. The van der Waals surface area contributed by atoms with E-state index in [1.165, 1.54) is 32.7 Å². The van der Waals surface area contributed by atoms with Gasteiger partial charge in [0.2, 0.25) is 0 Å². The molecule has 0 radical (unpaired) electrons. The van der Waals surface area contributed by atoms with Crippen molar-refractivity contribution in [2.75, 3.05) is 0 Å². The summed E-state index contributed by atoms with van der Waals surface area (Å²) in [4.78, 5) is 0. The number of fused-ring (bicyclic) bond motifs is 2. The zero-order valence-electron chi connectivity index (χ0n) is 29.3. The van der Waals surface area contributed by atoms with Crippen LogP contribution < -0.4 is 0 Å². The molecule has 2 nitrogen and oxygen atoms in total. The number of rotatable bonds is 7. The van der Waals surface area contributed by atoms with E-state index in [1.807, 2.05) is 19.1 Å². The Kier molecular flexibility index (Phi) is 7.87. The van der Waals surface area contributed by atoms with Crippen LogP contribution in [0.1, 0.15) is 79.1 Å². The quantitative estimate of drug-likeness (QED) is 0.170. The van der Waals surface area contributed by atoms with Crippen LogP contribution in [0.3, 0.4) is 0 Å². The summed E-state index contributed by atoms with van der Waals surface area (Å²) in [5.41, 5.74) is 7.52. The normalized spacial score (nSPS) is 12.4. The lowest BCUT2D eigenvalue weighted by molar-refractivity contribution is 0.452. The van der Waals surface area contributed by atoms with Crippen LogP contribution in [0.25, 0.3) is 21.5 Å². The molecular formula is C47H44O2. The van der Waals surface area contributed by atoms with Crippen LogP contribution in [0.4, 0.5) is 0 Å². The summed E-state index contributed by atoms with van der Waals surface area (Å²) >= 11 is 0. The molecule has 2 heteroatoms. The Morgan fingerprint density at radius 1 is 0.408 bits per heavy atom. The molecule has 7 aromatic rings. The predicted octanol–water partition coefficient (Wildman–Crippen LogP) is 11.7.